The summed E-state index contributed by atoms with van der Waals surface area (Å²) in [5.41, 5.74) is 8.95. The SMILES string of the molecule is CCN(CCNC(=O)[C@H](C)N)Cc1cc(Nc2ccnc3cc(Cl)ccc23)ccc1O.O=C(O)C(F)(F)F.O=C(O)C(F)(F)F.O=C(O)C(F)(F)F. The number of hydrogen-bond donors (Lipinski definition) is 7. The number of carbonyl (C=O) groups excluding carboxylic acids is 1. The van der Waals surface area contributed by atoms with Gasteiger partial charge in [0.05, 0.1) is 11.6 Å². The number of rotatable bonds is 9. The van der Waals surface area contributed by atoms with Gasteiger partial charge in [0.2, 0.25) is 5.91 Å². The number of hydrogen-bond acceptors (Lipinski definition) is 9. The monoisotopic (exact) mass is 783 g/mol. The van der Waals surface area contributed by atoms with Crippen molar-refractivity contribution in [3.63, 3.8) is 0 Å². The molecular formula is C29H31ClF9N5O8. The van der Waals surface area contributed by atoms with Gasteiger partial charge in [0.15, 0.2) is 0 Å². The van der Waals surface area contributed by atoms with E-state index in [1.807, 2.05) is 43.3 Å². The van der Waals surface area contributed by atoms with Crippen LogP contribution in [-0.2, 0) is 25.7 Å². The number of nitrogens with one attached hydrogen (secondary N) is 2. The van der Waals surface area contributed by atoms with Crippen LogP contribution in [0.2, 0.25) is 5.02 Å². The molecule has 0 aliphatic carbocycles. The van der Waals surface area contributed by atoms with E-state index in [-0.39, 0.29) is 11.7 Å². The van der Waals surface area contributed by atoms with E-state index in [0.29, 0.717) is 24.7 Å². The van der Waals surface area contributed by atoms with Gasteiger partial charge >= 0.3 is 36.4 Å². The summed E-state index contributed by atoms with van der Waals surface area (Å²) in [6.45, 7) is 6.19. The van der Waals surface area contributed by atoms with Crippen molar-refractivity contribution in [2.24, 2.45) is 5.73 Å². The minimum Gasteiger partial charge on any atom is -0.508 e. The zero-order valence-electron chi connectivity index (χ0n) is 26.7. The van der Waals surface area contributed by atoms with Gasteiger partial charge in [0.25, 0.3) is 0 Å². The zero-order valence-corrected chi connectivity index (χ0v) is 27.5. The number of carboxylic acids is 3. The van der Waals surface area contributed by atoms with Gasteiger partial charge in [0, 0.05) is 53.2 Å². The predicted molar refractivity (Wildman–Crippen MR) is 167 cm³/mol. The first-order chi connectivity index (χ1) is 23.7. The number of alkyl halides is 9. The van der Waals surface area contributed by atoms with Gasteiger partial charge in [-0.05, 0) is 55.9 Å². The van der Waals surface area contributed by atoms with Crippen LogP contribution in [0.1, 0.15) is 19.4 Å². The van der Waals surface area contributed by atoms with Gasteiger partial charge < -0.3 is 36.8 Å². The fourth-order valence-electron chi connectivity index (χ4n) is 3.26. The summed E-state index contributed by atoms with van der Waals surface area (Å²) in [5, 5.41) is 39.6. The van der Waals surface area contributed by atoms with Crippen molar-refractivity contribution in [3.8, 4) is 5.75 Å². The molecule has 0 spiro atoms. The van der Waals surface area contributed by atoms with E-state index in [1.165, 1.54) is 0 Å². The average molecular weight is 784 g/mol. The fourth-order valence-corrected chi connectivity index (χ4v) is 3.43. The quantitative estimate of drug-likeness (QED) is 0.106. The molecule has 0 unspecified atom stereocenters. The Bertz CT molecular complexity index is 1600. The van der Waals surface area contributed by atoms with Gasteiger partial charge in [-0.25, -0.2) is 14.4 Å². The van der Waals surface area contributed by atoms with Crippen molar-refractivity contribution in [1.82, 2.24) is 15.2 Å². The Hall–Kier alpha value is -5.09. The van der Waals surface area contributed by atoms with Gasteiger partial charge in [0.1, 0.15) is 5.75 Å². The number of carbonyl (C=O) groups is 4. The second-order valence-electron chi connectivity index (χ2n) is 9.85. The van der Waals surface area contributed by atoms with Crippen molar-refractivity contribution in [2.75, 3.05) is 25.0 Å². The molecule has 1 atom stereocenters. The molecule has 0 bridgehead atoms. The van der Waals surface area contributed by atoms with Crippen LogP contribution < -0.4 is 16.4 Å². The summed E-state index contributed by atoms with van der Waals surface area (Å²) in [6, 6.07) is 12.4. The number of nitrogens with zero attached hydrogens (tertiary/aromatic N) is 2. The molecule has 0 saturated carbocycles. The Labute approximate surface area is 292 Å². The number of aromatic nitrogens is 1. The summed E-state index contributed by atoms with van der Waals surface area (Å²) in [5.74, 6) is -8.21. The largest absolute Gasteiger partial charge is 0.508 e. The normalized spacial score (nSPS) is 11.8. The molecule has 2 aromatic carbocycles. The third-order valence-electron chi connectivity index (χ3n) is 5.77. The first kappa shape index (κ1) is 46.9. The molecule has 3 aromatic rings. The van der Waals surface area contributed by atoms with Crippen molar-refractivity contribution >= 4 is 57.7 Å². The highest BCUT2D eigenvalue weighted by atomic mass is 35.5. The molecule has 3 rings (SSSR count). The summed E-state index contributed by atoms with van der Waals surface area (Å²) in [4.78, 5) is 44.8. The van der Waals surface area contributed by atoms with Crippen LogP contribution >= 0.6 is 11.6 Å². The van der Waals surface area contributed by atoms with Crippen molar-refractivity contribution in [2.45, 2.75) is 45.0 Å². The molecular weight excluding hydrogens is 753 g/mol. The molecule has 0 saturated heterocycles. The van der Waals surface area contributed by atoms with Crippen molar-refractivity contribution in [3.05, 3.63) is 59.2 Å². The highest BCUT2D eigenvalue weighted by Gasteiger charge is 2.39. The van der Waals surface area contributed by atoms with Gasteiger partial charge in [-0.15, -0.1) is 0 Å². The number of amides is 1. The average Bonchev–Trinajstić information content (AvgIpc) is 3.01. The van der Waals surface area contributed by atoms with Crippen molar-refractivity contribution < 1.29 is 79.1 Å². The maximum Gasteiger partial charge on any atom is 0.490 e. The van der Waals surface area contributed by atoms with Crippen LogP contribution in [0.3, 0.4) is 0 Å². The molecule has 8 N–H and O–H groups in total. The molecule has 1 amide bonds. The Balaban J connectivity index is 0.00000101. The number of anilines is 2. The molecule has 13 nitrogen and oxygen atoms in total. The van der Waals surface area contributed by atoms with E-state index in [0.717, 1.165) is 34.4 Å². The number of halogens is 10. The predicted octanol–water partition coefficient (Wildman–Crippen LogP) is 5.52. The van der Waals surface area contributed by atoms with E-state index in [2.05, 4.69) is 20.5 Å². The third kappa shape index (κ3) is 18.2. The van der Waals surface area contributed by atoms with E-state index >= 15 is 0 Å². The maximum absolute atomic E-state index is 11.6. The number of aliphatic carboxylic acids is 3. The standard InChI is InChI=1S/C23H28ClN5O2.3C2HF3O2/c1-3-29(11-10-27-23(31)15(2)25)14-16-12-18(5-7-22(16)30)28-20-8-9-26-21-13-17(24)4-6-19(20)21;3*3-2(4,5)1(6)7/h4-9,12-13,15,30H,3,10-11,14,25H2,1-2H3,(H,26,28)(H,27,31);3*(H,6,7)/t15-;;;/m0.../s1. The van der Waals surface area contributed by atoms with Crippen LogP contribution in [0, 0.1) is 0 Å². The number of phenols is 1. The maximum atomic E-state index is 11.6. The number of phenolic OH excluding ortho intramolecular Hbond substituents is 1. The van der Waals surface area contributed by atoms with Gasteiger partial charge in [-0.3, -0.25) is 14.7 Å². The summed E-state index contributed by atoms with van der Waals surface area (Å²) < 4.78 is 95.2. The Morgan fingerprint density at radius 2 is 1.37 bits per heavy atom. The molecule has 0 radical (unpaired) electrons. The molecule has 1 heterocycles. The zero-order chi connectivity index (χ0) is 40.6. The summed E-state index contributed by atoms with van der Waals surface area (Å²) >= 11 is 6.08. The number of benzene rings is 2. The summed E-state index contributed by atoms with van der Waals surface area (Å²) in [6.07, 6.45) is -13.5. The molecule has 290 valence electrons. The number of likely N-dealkylation sites (N-methyl/N-ethyl adjacent to an activating group) is 1. The lowest BCUT2D eigenvalue weighted by atomic mass is 10.1. The Morgan fingerprint density at radius 1 is 0.865 bits per heavy atom. The molecule has 1 aromatic heterocycles. The lowest BCUT2D eigenvalue weighted by Gasteiger charge is -2.22. The minimum atomic E-state index is -5.08. The fraction of sp³-hybridized carbons (Fsp3) is 0.345. The van der Waals surface area contributed by atoms with Gasteiger partial charge in [-0.1, -0.05) is 18.5 Å². The second-order valence-corrected chi connectivity index (χ2v) is 10.3. The van der Waals surface area contributed by atoms with E-state index < -0.39 is 42.5 Å². The van der Waals surface area contributed by atoms with Crippen LogP contribution in [-0.4, -0.2) is 98.3 Å². The Morgan fingerprint density at radius 3 is 1.81 bits per heavy atom. The lowest BCUT2D eigenvalue weighted by molar-refractivity contribution is -0.193. The van der Waals surface area contributed by atoms with Crippen LogP contribution in [0.15, 0.2) is 48.7 Å². The van der Waals surface area contributed by atoms with Crippen LogP contribution in [0.5, 0.6) is 5.75 Å². The van der Waals surface area contributed by atoms with Crippen molar-refractivity contribution in [1.29, 1.82) is 0 Å². The summed E-state index contributed by atoms with van der Waals surface area (Å²) in [7, 11) is 0. The lowest BCUT2D eigenvalue weighted by Crippen LogP contribution is -2.42. The first-order valence-electron chi connectivity index (χ1n) is 14.0. The first-order valence-corrected chi connectivity index (χ1v) is 14.4. The number of nitrogens with two attached hydrogens (primary N) is 1. The van der Waals surface area contributed by atoms with E-state index in [1.54, 1.807) is 19.2 Å². The third-order valence-corrected chi connectivity index (χ3v) is 6.01. The number of pyridine rings is 1. The molecule has 52 heavy (non-hydrogen) atoms. The minimum absolute atomic E-state index is 0.170. The molecule has 0 aliphatic heterocycles. The Kier molecular flexibility index (Phi) is 18.7. The smallest absolute Gasteiger partial charge is 0.490 e. The molecule has 0 fully saturated rings. The van der Waals surface area contributed by atoms with E-state index in [9.17, 15) is 49.4 Å². The highest BCUT2D eigenvalue weighted by molar-refractivity contribution is 6.31. The molecule has 0 aliphatic rings. The number of aromatic hydroxyl groups is 1. The van der Waals surface area contributed by atoms with Crippen LogP contribution in [0.4, 0.5) is 50.9 Å². The topological polar surface area (TPSA) is 215 Å². The van der Waals surface area contributed by atoms with E-state index in [4.69, 9.17) is 47.0 Å². The van der Waals surface area contributed by atoms with Gasteiger partial charge in [-0.2, -0.15) is 39.5 Å². The van der Waals surface area contributed by atoms with Crippen LogP contribution in [0.25, 0.3) is 10.9 Å². The second kappa shape index (κ2) is 20.7. The molecule has 23 heteroatoms. The number of carboxylic acid groups (broad SMARTS) is 3. The number of fused-ring (bicyclic) bond motifs is 1. The highest BCUT2D eigenvalue weighted by Crippen LogP contribution is 2.30.